The number of rotatable bonds is 4. The fraction of sp³-hybridized carbons (Fsp3) is 0.462. The van der Waals surface area contributed by atoms with Crippen LogP contribution in [-0.2, 0) is 10.0 Å². The van der Waals surface area contributed by atoms with Crippen molar-refractivity contribution in [3.05, 3.63) is 27.7 Å². The minimum absolute atomic E-state index is 0.0324. The molecule has 0 fully saturated rings. The van der Waals surface area contributed by atoms with Crippen LogP contribution in [0.15, 0.2) is 21.5 Å². The number of amides is 1. The molecule has 0 heterocycles. The summed E-state index contributed by atoms with van der Waals surface area (Å²) in [4.78, 5) is 14.1. The van der Waals surface area contributed by atoms with Crippen LogP contribution < -0.4 is 5.14 Å². The average molecular weight is 363 g/mol. The van der Waals surface area contributed by atoms with Crippen molar-refractivity contribution in [2.75, 3.05) is 6.54 Å². The Morgan fingerprint density at radius 3 is 2.35 bits per heavy atom. The van der Waals surface area contributed by atoms with Gasteiger partial charge in [-0.25, -0.2) is 13.6 Å². The van der Waals surface area contributed by atoms with E-state index in [1.165, 1.54) is 6.07 Å². The van der Waals surface area contributed by atoms with Gasteiger partial charge in [-0.15, -0.1) is 0 Å². The Morgan fingerprint density at radius 1 is 1.40 bits per heavy atom. The number of carbonyl (C=O) groups is 1. The number of nitrogens with two attached hydrogens (primary N) is 1. The van der Waals surface area contributed by atoms with Gasteiger partial charge in [0.2, 0.25) is 10.0 Å². The predicted octanol–water partition coefficient (Wildman–Crippen LogP) is 2.28. The first kappa shape index (κ1) is 17.1. The molecule has 112 valence electrons. The van der Waals surface area contributed by atoms with E-state index in [9.17, 15) is 13.2 Å². The summed E-state index contributed by atoms with van der Waals surface area (Å²) in [5, 5.41) is 5.19. The summed E-state index contributed by atoms with van der Waals surface area (Å²) in [5.74, 6) is -0.215. The molecule has 1 aromatic rings. The maximum Gasteiger partial charge on any atom is 0.254 e. The maximum atomic E-state index is 12.4. The molecule has 0 aliphatic carbocycles. The Morgan fingerprint density at radius 2 is 1.95 bits per heavy atom. The summed E-state index contributed by atoms with van der Waals surface area (Å²) < 4.78 is 23.7. The molecule has 0 unspecified atom stereocenters. The summed E-state index contributed by atoms with van der Waals surface area (Å²) >= 11 is 3.28. The molecule has 0 aromatic heterocycles. The summed E-state index contributed by atoms with van der Waals surface area (Å²) in [6.45, 7) is 7.88. The molecule has 0 radical (unpaired) electrons. The molecule has 0 spiro atoms. The highest BCUT2D eigenvalue weighted by molar-refractivity contribution is 9.10. The Hall–Kier alpha value is -0.920. The second-order valence-corrected chi connectivity index (χ2v) is 7.20. The van der Waals surface area contributed by atoms with Gasteiger partial charge in [0.05, 0.1) is 4.90 Å². The quantitative estimate of drug-likeness (QED) is 0.891. The first-order valence-corrected chi connectivity index (χ1v) is 8.57. The lowest BCUT2D eigenvalue weighted by Crippen LogP contribution is -2.36. The van der Waals surface area contributed by atoms with E-state index in [1.54, 1.807) is 17.9 Å². The van der Waals surface area contributed by atoms with Crippen LogP contribution >= 0.6 is 15.9 Å². The molecule has 1 aromatic carbocycles. The van der Waals surface area contributed by atoms with E-state index in [1.807, 2.05) is 20.8 Å². The molecule has 7 heteroatoms. The Labute approximate surface area is 128 Å². The van der Waals surface area contributed by atoms with Crippen LogP contribution in [-0.4, -0.2) is 31.8 Å². The van der Waals surface area contributed by atoms with E-state index in [0.717, 1.165) is 0 Å². The van der Waals surface area contributed by atoms with Crippen molar-refractivity contribution in [2.24, 2.45) is 5.14 Å². The van der Waals surface area contributed by atoms with Gasteiger partial charge in [-0.2, -0.15) is 0 Å². The van der Waals surface area contributed by atoms with Crippen LogP contribution in [0.2, 0.25) is 0 Å². The highest BCUT2D eigenvalue weighted by atomic mass is 79.9. The van der Waals surface area contributed by atoms with Crippen LogP contribution in [0.1, 0.15) is 36.7 Å². The van der Waals surface area contributed by atoms with Crippen molar-refractivity contribution in [1.82, 2.24) is 4.90 Å². The molecule has 0 aliphatic heterocycles. The fourth-order valence-electron chi connectivity index (χ4n) is 1.98. The number of benzene rings is 1. The zero-order valence-electron chi connectivity index (χ0n) is 12.0. The third-order valence-corrected chi connectivity index (χ3v) is 4.94. The van der Waals surface area contributed by atoms with Gasteiger partial charge in [-0.1, -0.05) is 15.9 Å². The van der Waals surface area contributed by atoms with Crippen LogP contribution in [0.25, 0.3) is 0 Å². The van der Waals surface area contributed by atoms with E-state index in [0.29, 0.717) is 22.1 Å². The lowest BCUT2D eigenvalue weighted by atomic mass is 10.1. The van der Waals surface area contributed by atoms with Crippen molar-refractivity contribution in [2.45, 2.75) is 38.6 Å². The van der Waals surface area contributed by atoms with Crippen LogP contribution in [0.4, 0.5) is 0 Å². The van der Waals surface area contributed by atoms with Crippen LogP contribution in [0.5, 0.6) is 0 Å². The smallest absolute Gasteiger partial charge is 0.254 e. The fourth-order valence-corrected chi connectivity index (χ4v) is 3.40. The van der Waals surface area contributed by atoms with Crippen molar-refractivity contribution >= 4 is 31.9 Å². The molecular weight excluding hydrogens is 344 g/mol. The monoisotopic (exact) mass is 362 g/mol. The topological polar surface area (TPSA) is 80.5 Å². The predicted molar refractivity (Wildman–Crippen MR) is 82.1 cm³/mol. The van der Waals surface area contributed by atoms with E-state index in [-0.39, 0.29) is 16.8 Å². The number of nitrogens with zero attached hydrogens (tertiary/aromatic N) is 1. The minimum Gasteiger partial charge on any atom is -0.337 e. The lowest BCUT2D eigenvalue weighted by molar-refractivity contribution is 0.0716. The Bertz CT molecular complexity index is 627. The zero-order valence-corrected chi connectivity index (χ0v) is 14.4. The first-order chi connectivity index (χ1) is 9.09. The minimum atomic E-state index is -3.87. The van der Waals surface area contributed by atoms with Crippen LogP contribution in [0.3, 0.4) is 0 Å². The van der Waals surface area contributed by atoms with Gasteiger partial charge in [0, 0.05) is 22.6 Å². The van der Waals surface area contributed by atoms with Crippen molar-refractivity contribution in [3.8, 4) is 0 Å². The maximum absolute atomic E-state index is 12.4. The number of primary sulfonamides is 1. The molecule has 20 heavy (non-hydrogen) atoms. The van der Waals surface area contributed by atoms with Crippen molar-refractivity contribution in [3.63, 3.8) is 0 Å². The van der Waals surface area contributed by atoms with Gasteiger partial charge in [0.1, 0.15) is 0 Å². The average Bonchev–Trinajstić information content (AvgIpc) is 2.31. The van der Waals surface area contributed by atoms with E-state index >= 15 is 0 Å². The second-order valence-electron chi connectivity index (χ2n) is 4.81. The molecule has 1 rings (SSSR count). The zero-order chi connectivity index (χ0) is 15.7. The number of halogens is 1. The summed E-state index contributed by atoms with van der Waals surface area (Å²) in [5.41, 5.74) is 0.804. The molecule has 0 bridgehead atoms. The number of hydrogen-bond donors (Lipinski definition) is 1. The second kappa shape index (κ2) is 6.24. The molecule has 5 nitrogen and oxygen atoms in total. The van der Waals surface area contributed by atoms with Crippen molar-refractivity contribution in [1.29, 1.82) is 0 Å². The van der Waals surface area contributed by atoms with Gasteiger partial charge >= 0.3 is 0 Å². The molecule has 1 amide bonds. The molecule has 0 atom stereocenters. The molecule has 0 saturated heterocycles. The van der Waals surface area contributed by atoms with Gasteiger partial charge in [0.15, 0.2) is 0 Å². The molecule has 0 saturated carbocycles. The normalized spacial score (nSPS) is 11.8. The van der Waals surface area contributed by atoms with E-state index in [2.05, 4.69) is 15.9 Å². The Balaban J connectivity index is 3.42. The number of carbonyl (C=O) groups excluding carboxylic acids is 1. The molecular formula is C13H19BrN2O3S. The lowest BCUT2D eigenvalue weighted by Gasteiger charge is -2.25. The summed E-state index contributed by atoms with van der Waals surface area (Å²) in [7, 11) is -3.87. The Kier molecular flexibility index (Phi) is 5.34. The van der Waals surface area contributed by atoms with Crippen molar-refractivity contribution < 1.29 is 13.2 Å². The highest BCUT2D eigenvalue weighted by Crippen LogP contribution is 2.26. The van der Waals surface area contributed by atoms with E-state index < -0.39 is 10.0 Å². The standard InChI is InChI=1S/C13H19BrN2O3S/c1-5-16(8(2)3)13(17)10-6-11(14)9(4)12(7-10)20(15,18)19/h6-8H,5H2,1-4H3,(H2,15,18,19). The molecule has 0 aliphatic rings. The summed E-state index contributed by atoms with van der Waals surface area (Å²) in [6, 6.07) is 2.99. The van der Waals surface area contributed by atoms with Gasteiger partial charge < -0.3 is 4.90 Å². The summed E-state index contributed by atoms with van der Waals surface area (Å²) in [6.07, 6.45) is 0. The molecule has 2 N–H and O–H groups in total. The van der Waals surface area contributed by atoms with E-state index in [4.69, 9.17) is 5.14 Å². The third kappa shape index (κ3) is 3.59. The van der Waals surface area contributed by atoms with Gasteiger partial charge in [0.25, 0.3) is 5.91 Å². The van der Waals surface area contributed by atoms with Crippen LogP contribution in [0, 0.1) is 6.92 Å². The SMILES string of the molecule is CCN(C(=O)c1cc(Br)c(C)c(S(N)(=O)=O)c1)C(C)C. The number of hydrogen-bond acceptors (Lipinski definition) is 3. The third-order valence-electron chi connectivity index (χ3n) is 3.08. The van der Waals surface area contributed by atoms with Gasteiger partial charge in [-0.05, 0) is 45.4 Å². The largest absolute Gasteiger partial charge is 0.337 e. The first-order valence-electron chi connectivity index (χ1n) is 6.23. The highest BCUT2D eigenvalue weighted by Gasteiger charge is 2.22. The van der Waals surface area contributed by atoms with Gasteiger partial charge in [-0.3, -0.25) is 4.79 Å². The number of sulfonamides is 1.